The van der Waals surface area contributed by atoms with Gasteiger partial charge in [-0.1, -0.05) is 0 Å². The van der Waals surface area contributed by atoms with Crippen LogP contribution < -0.4 is 10.0 Å². The van der Waals surface area contributed by atoms with E-state index in [1.807, 2.05) is 0 Å². The molecule has 7 nitrogen and oxygen atoms in total. The largest absolute Gasteiger partial charge is 0.390 e. The van der Waals surface area contributed by atoms with Crippen LogP contribution in [0.2, 0.25) is 0 Å². The lowest BCUT2D eigenvalue weighted by atomic mass is 9.87. The van der Waals surface area contributed by atoms with E-state index >= 15 is 0 Å². The summed E-state index contributed by atoms with van der Waals surface area (Å²) < 4.78 is 62.2. The zero-order chi connectivity index (χ0) is 18.9. The highest BCUT2D eigenvalue weighted by molar-refractivity contribution is 7.89. The molecule has 1 aliphatic rings. The Labute approximate surface area is 147 Å². The van der Waals surface area contributed by atoms with E-state index in [2.05, 4.69) is 26.1 Å². The van der Waals surface area contributed by atoms with Crippen molar-refractivity contribution in [3.63, 3.8) is 0 Å². The minimum atomic E-state index is -4.50. The Kier molecular flexibility index (Phi) is 4.81. The van der Waals surface area contributed by atoms with Crippen molar-refractivity contribution in [2.75, 3.05) is 11.1 Å². The Morgan fingerprint density at radius 3 is 2.73 bits per heavy atom. The SMILES string of the molecule is N#Cc1cnc2[nH]ccc2c1N[C@H]1C[C@@H](NS(=O)(=O)CCC(F)(F)F)C1. The lowest BCUT2D eigenvalue weighted by Crippen LogP contribution is -2.50. The number of hydrogen-bond donors (Lipinski definition) is 3. The van der Waals surface area contributed by atoms with E-state index in [4.69, 9.17) is 0 Å². The predicted molar refractivity (Wildman–Crippen MR) is 88.8 cm³/mol. The minimum Gasteiger partial charge on any atom is -0.380 e. The van der Waals surface area contributed by atoms with Crippen molar-refractivity contribution in [3.8, 4) is 6.07 Å². The van der Waals surface area contributed by atoms with Gasteiger partial charge in [-0.3, -0.25) is 0 Å². The van der Waals surface area contributed by atoms with E-state index in [0.29, 0.717) is 29.7 Å². The summed E-state index contributed by atoms with van der Waals surface area (Å²) >= 11 is 0. The zero-order valence-corrected chi connectivity index (χ0v) is 14.3. The highest BCUT2D eigenvalue weighted by atomic mass is 32.2. The number of sulfonamides is 1. The molecular weight excluding hydrogens is 371 g/mol. The lowest BCUT2D eigenvalue weighted by molar-refractivity contribution is -0.130. The van der Waals surface area contributed by atoms with Crippen LogP contribution in [0.1, 0.15) is 24.8 Å². The Morgan fingerprint density at radius 1 is 1.35 bits per heavy atom. The van der Waals surface area contributed by atoms with Gasteiger partial charge in [0.1, 0.15) is 11.7 Å². The number of aromatic amines is 1. The van der Waals surface area contributed by atoms with Crippen LogP contribution in [0.25, 0.3) is 11.0 Å². The second kappa shape index (κ2) is 6.77. The fraction of sp³-hybridized carbons (Fsp3) is 0.467. The second-order valence-electron chi connectivity index (χ2n) is 6.21. The summed E-state index contributed by atoms with van der Waals surface area (Å²) in [5.74, 6) is -0.974. The van der Waals surface area contributed by atoms with Gasteiger partial charge in [-0.25, -0.2) is 18.1 Å². The first kappa shape index (κ1) is 18.5. The highest BCUT2D eigenvalue weighted by Gasteiger charge is 2.35. The topological polar surface area (TPSA) is 111 Å². The van der Waals surface area contributed by atoms with Crippen molar-refractivity contribution in [1.82, 2.24) is 14.7 Å². The van der Waals surface area contributed by atoms with Crippen LogP contribution in [-0.2, 0) is 10.0 Å². The number of fused-ring (bicyclic) bond motifs is 1. The smallest absolute Gasteiger partial charge is 0.380 e. The molecule has 3 N–H and O–H groups in total. The van der Waals surface area contributed by atoms with Crippen molar-refractivity contribution in [1.29, 1.82) is 5.26 Å². The number of hydrogen-bond acceptors (Lipinski definition) is 5. The van der Waals surface area contributed by atoms with Gasteiger partial charge in [0.15, 0.2) is 0 Å². The van der Waals surface area contributed by atoms with Crippen LogP contribution in [-0.4, -0.2) is 42.4 Å². The Bertz CT molecular complexity index is 942. The quantitative estimate of drug-likeness (QED) is 0.704. The minimum absolute atomic E-state index is 0.0853. The highest BCUT2D eigenvalue weighted by Crippen LogP contribution is 2.31. The van der Waals surface area contributed by atoms with Gasteiger partial charge in [-0.2, -0.15) is 18.4 Å². The van der Waals surface area contributed by atoms with Crippen LogP contribution in [0.4, 0.5) is 18.9 Å². The van der Waals surface area contributed by atoms with Gasteiger partial charge in [0.2, 0.25) is 10.0 Å². The van der Waals surface area contributed by atoms with Gasteiger partial charge < -0.3 is 10.3 Å². The average molecular weight is 387 g/mol. The molecule has 0 unspecified atom stereocenters. The molecule has 1 fully saturated rings. The summed E-state index contributed by atoms with van der Waals surface area (Å²) in [6.45, 7) is 0. The number of rotatable bonds is 6. The van der Waals surface area contributed by atoms with Crippen molar-refractivity contribution >= 4 is 26.7 Å². The van der Waals surface area contributed by atoms with E-state index in [-0.39, 0.29) is 6.04 Å². The first-order valence-electron chi connectivity index (χ1n) is 7.86. The number of pyridine rings is 1. The van der Waals surface area contributed by atoms with E-state index in [1.54, 1.807) is 12.3 Å². The lowest BCUT2D eigenvalue weighted by Gasteiger charge is -2.37. The number of H-pyrrole nitrogens is 1. The molecule has 1 saturated carbocycles. The number of anilines is 1. The third kappa shape index (κ3) is 4.25. The molecule has 140 valence electrons. The molecule has 0 bridgehead atoms. The fourth-order valence-electron chi connectivity index (χ4n) is 2.85. The molecule has 2 aromatic heterocycles. The van der Waals surface area contributed by atoms with Crippen molar-refractivity contribution in [2.24, 2.45) is 0 Å². The zero-order valence-electron chi connectivity index (χ0n) is 13.5. The molecule has 3 rings (SSSR count). The molecule has 0 aromatic carbocycles. The summed E-state index contributed by atoms with van der Waals surface area (Å²) in [5.41, 5.74) is 1.60. The van der Waals surface area contributed by atoms with Gasteiger partial charge >= 0.3 is 6.18 Å². The molecule has 26 heavy (non-hydrogen) atoms. The third-order valence-corrected chi connectivity index (χ3v) is 5.63. The summed E-state index contributed by atoms with van der Waals surface area (Å²) in [5, 5.41) is 13.2. The van der Waals surface area contributed by atoms with E-state index in [1.165, 1.54) is 6.20 Å². The van der Waals surface area contributed by atoms with Gasteiger partial charge in [0.05, 0.1) is 23.4 Å². The van der Waals surface area contributed by atoms with Crippen LogP contribution in [0.5, 0.6) is 0 Å². The molecule has 2 heterocycles. The molecule has 0 radical (unpaired) electrons. The number of alkyl halides is 3. The Balaban J connectivity index is 1.58. The average Bonchev–Trinajstić information content (AvgIpc) is 2.99. The predicted octanol–water partition coefficient (Wildman–Crippen LogP) is 2.25. The van der Waals surface area contributed by atoms with Crippen molar-refractivity contribution in [3.05, 3.63) is 24.0 Å². The molecule has 0 amide bonds. The molecule has 0 saturated heterocycles. The number of nitriles is 1. The number of nitrogens with zero attached hydrogens (tertiary/aromatic N) is 2. The first-order chi connectivity index (χ1) is 12.2. The molecule has 0 aliphatic heterocycles. The maximum Gasteiger partial charge on any atom is 0.390 e. The molecule has 1 aliphatic carbocycles. The van der Waals surface area contributed by atoms with E-state index < -0.39 is 34.4 Å². The number of halogens is 3. The van der Waals surface area contributed by atoms with Crippen LogP contribution >= 0.6 is 0 Å². The first-order valence-corrected chi connectivity index (χ1v) is 9.51. The molecule has 11 heteroatoms. The van der Waals surface area contributed by atoms with Crippen molar-refractivity contribution < 1.29 is 21.6 Å². The van der Waals surface area contributed by atoms with Gasteiger partial charge in [-0.15, -0.1) is 0 Å². The molecular formula is C15H16F3N5O2S. The Morgan fingerprint density at radius 2 is 2.08 bits per heavy atom. The second-order valence-corrected chi connectivity index (χ2v) is 8.08. The van der Waals surface area contributed by atoms with Gasteiger partial charge in [0.25, 0.3) is 0 Å². The standard InChI is InChI=1S/C15H16F3N5O2S/c16-15(17,18)2-4-26(24,25)23-11-5-10(6-11)22-13-9(7-19)8-21-14-12(13)1-3-20-14/h1,3,8,10-11,23H,2,4-6H2,(H2,20,21,22)/t10-,11+. The Hall–Kier alpha value is -2.32. The molecule has 0 spiro atoms. The van der Waals surface area contributed by atoms with Crippen LogP contribution in [0, 0.1) is 11.3 Å². The maximum absolute atomic E-state index is 12.2. The summed E-state index contributed by atoms with van der Waals surface area (Å²) in [6, 6.07) is 3.33. The van der Waals surface area contributed by atoms with Gasteiger partial charge in [0, 0.05) is 29.9 Å². The maximum atomic E-state index is 12.2. The van der Waals surface area contributed by atoms with Gasteiger partial charge in [-0.05, 0) is 18.9 Å². The summed E-state index contributed by atoms with van der Waals surface area (Å²) in [4.78, 5) is 7.07. The molecule has 0 atom stereocenters. The fourth-order valence-corrected chi connectivity index (χ4v) is 4.17. The third-order valence-electron chi connectivity index (χ3n) is 4.19. The van der Waals surface area contributed by atoms with Crippen LogP contribution in [0.15, 0.2) is 18.5 Å². The number of nitrogens with one attached hydrogen (secondary N) is 3. The summed E-state index contributed by atoms with van der Waals surface area (Å²) in [6.07, 6.45) is -1.89. The van der Waals surface area contributed by atoms with E-state index in [0.717, 1.165) is 5.39 Å². The van der Waals surface area contributed by atoms with Crippen molar-refractivity contribution in [2.45, 2.75) is 37.5 Å². The van der Waals surface area contributed by atoms with E-state index in [9.17, 15) is 26.9 Å². The summed E-state index contributed by atoms with van der Waals surface area (Å²) in [7, 11) is -3.97. The van der Waals surface area contributed by atoms with Crippen LogP contribution in [0.3, 0.4) is 0 Å². The normalized spacial score (nSPS) is 20.5. The number of aromatic nitrogens is 2. The molecule has 2 aromatic rings. The monoisotopic (exact) mass is 387 g/mol.